The molecule has 2 atom stereocenters. The number of piperidine rings is 1. The van der Waals surface area contributed by atoms with Crippen molar-refractivity contribution < 1.29 is 9.59 Å². The second-order valence-electron chi connectivity index (χ2n) is 7.98. The summed E-state index contributed by atoms with van der Waals surface area (Å²) in [5.41, 5.74) is 1.93. The zero-order chi connectivity index (χ0) is 18.8. The van der Waals surface area contributed by atoms with Gasteiger partial charge in [-0.1, -0.05) is 38.3 Å². The first-order valence-electron chi connectivity index (χ1n) is 10.2. The molecule has 0 bridgehead atoms. The Labute approximate surface area is 159 Å². The lowest BCUT2D eigenvalue weighted by atomic mass is 9.88. The average molecular weight is 368 g/mol. The molecule has 6 heteroatoms. The molecule has 1 aromatic heterocycles. The first-order chi connectivity index (χ1) is 13.1. The minimum Gasteiger partial charge on any atom is -0.354 e. The number of benzene rings is 1. The molecular weight excluding hydrogens is 340 g/mol. The number of para-hydroxylation sites is 2. The lowest BCUT2D eigenvalue weighted by Crippen LogP contribution is -2.54. The van der Waals surface area contributed by atoms with E-state index in [1.165, 1.54) is 19.3 Å². The maximum atomic E-state index is 12.8. The molecule has 2 aliphatic rings. The van der Waals surface area contributed by atoms with Crippen LogP contribution in [0.4, 0.5) is 0 Å². The molecule has 144 valence electrons. The van der Waals surface area contributed by atoms with E-state index < -0.39 is 6.04 Å². The van der Waals surface area contributed by atoms with Crippen molar-refractivity contribution in [3.8, 4) is 0 Å². The third kappa shape index (κ3) is 3.70. The summed E-state index contributed by atoms with van der Waals surface area (Å²) < 4.78 is 2.06. The Balaban J connectivity index is 1.58. The van der Waals surface area contributed by atoms with Crippen molar-refractivity contribution in [3.05, 3.63) is 30.1 Å². The van der Waals surface area contributed by atoms with Crippen molar-refractivity contribution in [1.29, 1.82) is 0 Å². The van der Waals surface area contributed by atoms with Crippen molar-refractivity contribution in [3.63, 3.8) is 0 Å². The highest BCUT2D eigenvalue weighted by Gasteiger charge is 2.31. The van der Waals surface area contributed by atoms with Crippen molar-refractivity contribution in [2.75, 3.05) is 6.54 Å². The van der Waals surface area contributed by atoms with Crippen LogP contribution in [-0.4, -0.2) is 34.0 Å². The Morgan fingerprint density at radius 1 is 1.22 bits per heavy atom. The summed E-state index contributed by atoms with van der Waals surface area (Å²) in [7, 11) is 0. The van der Waals surface area contributed by atoms with E-state index in [1.807, 2.05) is 31.2 Å². The summed E-state index contributed by atoms with van der Waals surface area (Å²) in [5.74, 6) is 1.39. The molecule has 2 heterocycles. The summed E-state index contributed by atoms with van der Waals surface area (Å²) in [6.07, 6.45) is 6.88. The highest BCUT2D eigenvalue weighted by molar-refractivity contribution is 5.89. The van der Waals surface area contributed by atoms with Gasteiger partial charge in [-0.05, 0) is 37.3 Å². The van der Waals surface area contributed by atoms with Gasteiger partial charge in [-0.25, -0.2) is 4.98 Å². The van der Waals surface area contributed by atoms with E-state index >= 15 is 0 Å². The number of carbonyl (C=O) groups excluding carboxylic acids is 2. The van der Waals surface area contributed by atoms with Crippen LogP contribution in [0.2, 0.25) is 0 Å². The third-order valence-electron chi connectivity index (χ3n) is 6.02. The largest absolute Gasteiger partial charge is 0.354 e. The lowest BCUT2D eigenvalue weighted by Gasteiger charge is -2.29. The van der Waals surface area contributed by atoms with Crippen LogP contribution < -0.4 is 10.6 Å². The van der Waals surface area contributed by atoms with Crippen LogP contribution >= 0.6 is 0 Å². The van der Waals surface area contributed by atoms with Crippen LogP contribution in [0.1, 0.15) is 57.2 Å². The van der Waals surface area contributed by atoms with E-state index in [-0.39, 0.29) is 24.3 Å². The van der Waals surface area contributed by atoms with Crippen LogP contribution in [0.3, 0.4) is 0 Å². The number of nitrogens with zero attached hydrogens (tertiary/aromatic N) is 2. The number of hydrogen-bond donors (Lipinski definition) is 2. The number of rotatable bonds is 4. The van der Waals surface area contributed by atoms with Gasteiger partial charge in [0, 0.05) is 12.5 Å². The molecule has 2 amide bonds. The van der Waals surface area contributed by atoms with Gasteiger partial charge in [0.15, 0.2) is 0 Å². The van der Waals surface area contributed by atoms with Gasteiger partial charge in [-0.15, -0.1) is 0 Å². The third-order valence-corrected chi connectivity index (χ3v) is 6.02. The molecule has 2 fully saturated rings. The number of aromatic nitrogens is 2. The van der Waals surface area contributed by atoms with E-state index in [4.69, 9.17) is 4.98 Å². The van der Waals surface area contributed by atoms with Gasteiger partial charge in [-0.2, -0.15) is 0 Å². The van der Waals surface area contributed by atoms with Gasteiger partial charge in [0.25, 0.3) is 0 Å². The number of imidazole rings is 1. The van der Waals surface area contributed by atoms with Gasteiger partial charge in [0.2, 0.25) is 11.8 Å². The number of hydrogen-bond acceptors (Lipinski definition) is 3. The smallest absolute Gasteiger partial charge is 0.242 e. The predicted octanol–water partition coefficient (Wildman–Crippen LogP) is 2.72. The first kappa shape index (κ1) is 18.0. The van der Waals surface area contributed by atoms with Crippen molar-refractivity contribution in [2.24, 2.45) is 5.92 Å². The molecule has 1 aromatic carbocycles. The van der Waals surface area contributed by atoms with Gasteiger partial charge < -0.3 is 15.2 Å². The molecule has 2 N–H and O–H groups in total. The maximum absolute atomic E-state index is 12.8. The van der Waals surface area contributed by atoms with Gasteiger partial charge in [0.1, 0.15) is 18.4 Å². The number of fused-ring (bicyclic) bond motifs is 1. The highest BCUT2D eigenvalue weighted by atomic mass is 16.2. The summed E-state index contributed by atoms with van der Waals surface area (Å²) in [6.45, 7) is 2.91. The zero-order valence-corrected chi connectivity index (χ0v) is 15.9. The van der Waals surface area contributed by atoms with Crippen molar-refractivity contribution in [1.82, 2.24) is 20.2 Å². The molecule has 0 radical (unpaired) electrons. The fourth-order valence-electron chi connectivity index (χ4n) is 4.46. The average Bonchev–Trinajstić information content (AvgIpc) is 3.04. The molecular formula is C21H28N4O2. The summed E-state index contributed by atoms with van der Waals surface area (Å²) in [6, 6.07) is 7.56. The molecule has 1 aliphatic carbocycles. The Morgan fingerprint density at radius 2 is 2.00 bits per heavy atom. The Hall–Kier alpha value is -2.37. The quantitative estimate of drug-likeness (QED) is 0.871. The fraction of sp³-hybridized carbons (Fsp3) is 0.571. The van der Waals surface area contributed by atoms with Crippen molar-refractivity contribution in [2.45, 2.75) is 64.0 Å². The van der Waals surface area contributed by atoms with E-state index in [1.54, 1.807) is 0 Å². The van der Waals surface area contributed by atoms with Crippen LogP contribution in [0, 0.1) is 5.92 Å². The number of amides is 2. The van der Waals surface area contributed by atoms with Gasteiger partial charge >= 0.3 is 0 Å². The number of carbonyl (C=O) groups is 2. The molecule has 6 nitrogen and oxygen atoms in total. The van der Waals surface area contributed by atoms with E-state index in [2.05, 4.69) is 15.2 Å². The number of nitrogens with one attached hydrogen (secondary N) is 2. The predicted molar refractivity (Wildman–Crippen MR) is 104 cm³/mol. The van der Waals surface area contributed by atoms with E-state index in [0.717, 1.165) is 36.1 Å². The second-order valence-corrected chi connectivity index (χ2v) is 7.98. The van der Waals surface area contributed by atoms with E-state index in [9.17, 15) is 9.59 Å². The SMILES string of the molecule is CC1CCNC(=O)C1NC(=O)Cn1c(C2CCCCC2)nc2ccccc21. The zero-order valence-electron chi connectivity index (χ0n) is 15.9. The minimum absolute atomic E-state index is 0.0786. The van der Waals surface area contributed by atoms with E-state index in [0.29, 0.717) is 12.5 Å². The highest BCUT2D eigenvalue weighted by Crippen LogP contribution is 2.33. The molecule has 2 unspecified atom stereocenters. The molecule has 1 saturated carbocycles. The normalized spacial score (nSPS) is 24.0. The summed E-state index contributed by atoms with van der Waals surface area (Å²) in [4.78, 5) is 29.8. The monoisotopic (exact) mass is 368 g/mol. The molecule has 2 aromatic rings. The molecule has 0 spiro atoms. The lowest BCUT2D eigenvalue weighted by molar-refractivity contribution is -0.131. The fourth-order valence-corrected chi connectivity index (χ4v) is 4.46. The second kappa shape index (κ2) is 7.71. The molecule has 4 rings (SSSR count). The topological polar surface area (TPSA) is 76.0 Å². The minimum atomic E-state index is -0.445. The van der Waals surface area contributed by atoms with Crippen LogP contribution in [0.25, 0.3) is 11.0 Å². The van der Waals surface area contributed by atoms with Crippen LogP contribution in [0.5, 0.6) is 0 Å². The van der Waals surface area contributed by atoms with Gasteiger partial charge in [-0.3, -0.25) is 9.59 Å². The first-order valence-corrected chi connectivity index (χ1v) is 10.2. The summed E-state index contributed by atoms with van der Waals surface area (Å²) in [5, 5.41) is 5.80. The standard InChI is InChI=1S/C21H28N4O2/c1-14-11-12-22-21(27)19(14)24-18(26)13-25-17-10-6-5-9-16(17)23-20(25)15-7-3-2-4-8-15/h5-6,9-10,14-15,19H,2-4,7-8,11-13H2,1H3,(H,22,27)(H,24,26). The van der Waals surface area contributed by atoms with Gasteiger partial charge in [0.05, 0.1) is 11.0 Å². The van der Waals surface area contributed by atoms with Crippen LogP contribution in [-0.2, 0) is 16.1 Å². The Morgan fingerprint density at radius 3 is 2.78 bits per heavy atom. The summed E-state index contributed by atoms with van der Waals surface area (Å²) >= 11 is 0. The molecule has 1 saturated heterocycles. The molecule has 1 aliphatic heterocycles. The molecule has 27 heavy (non-hydrogen) atoms. The Kier molecular flexibility index (Phi) is 5.14. The maximum Gasteiger partial charge on any atom is 0.242 e. The van der Waals surface area contributed by atoms with Crippen LogP contribution in [0.15, 0.2) is 24.3 Å². The van der Waals surface area contributed by atoms with Crippen molar-refractivity contribution >= 4 is 22.8 Å². The Bertz CT molecular complexity index is 838.